The third-order valence-electron chi connectivity index (χ3n) is 5.76. The molecule has 1 atom stereocenters. The van der Waals surface area contributed by atoms with Gasteiger partial charge in [-0.1, -0.05) is 43.5 Å². The number of carbonyl (C=O) groups excluding carboxylic acids is 1. The van der Waals surface area contributed by atoms with Gasteiger partial charge in [0.2, 0.25) is 0 Å². The molecule has 1 aromatic carbocycles. The molecule has 7 heteroatoms. The predicted octanol–water partition coefficient (Wildman–Crippen LogP) is 2.65. The Morgan fingerprint density at radius 2 is 1.83 bits per heavy atom. The molecule has 29 heavy (non-hydrogen) atoms. The number of hydrogen-bond donors (Lipinski definition) is 4. The highest BCUT2D eigenvalue weighted by molar-refractivity contribution is 5.90. The summed E-state index contributed by atoms with van der Waals surface area (Å²) in [5, 5.41) is 22.1. The number of hydrogen-bond acceptors (Lipinski definition) is 5. The van der Waals surface area contributed by atoms with Crippen LogP contribution in [-0.4, -0.2) is 53.3 Å². The smallest absolute Gasteiger partial charge is 0.324 e. The standard InChI is InChI=1S/C22H33N3O4/c1-25(2)15-14-22(21(27)28,19-6-4-3-5-7-19)23-16-18-10-8-17(9-11-18)12-13-20(26)24-29/h8-13,19,23,29H,3-7,14-16H2,1-2H3,(H,24,26)(H,27,28)/t22-/m0/s1. The Kier molecular flexibility index (Phi) is 8.82. The zero-order chi connectivity index (χ0) is 21.3. The van der Waals surface area contributed by atoms with E-state index in [9.17, 15) is 14.7 Å². The van der Waals surface area contributed by atoms with Crippen molar-refractivity contribution in [1.82, 2.24) is 15.7 Å². The molecule has 0 aromatic heterocycles. The summed E-state index contributed by atoms with van der Waals surface area (Å²) >= 11 is 0. The van der Waals surface area contributed by atoms with Gasteiger partial charge in [-0.15, -0.1) is 0 Å². The maximum Gasteiger partial charge on any atom is 0.324 e. The molecule has 1 saturated carbocycles. The first-order valence-corrected chi connectivity index (χ1v) is 10.2. The second kappa shape index (κ2) is 11.1. The summed E-state index contributed by atoms with van der Waals surface area (Å²) in [6.07, 6.45) is 8.67. The van der Waals surface area contributed by atoms with Gasteiger partial charge in [-0.2, -0.15) is 0 Å². The van der Waals surface area contributed by atoms with Crippen molar-refractivity contribution in [2.75, 3.05) is 20.6 Å². The molecule has 0 radical (unpaired) electrons. The summed E-state index contributed by atoms with van der Waals surface area (Å²) in [5.74, 6) is -1.22. The van der Waals surface area contributed by atoms with Crippen LogP contribution in [0, 0.1) is 5.92 Å². The molecule has 7 nitrogen and oxygen atoms in total. The lowest BCUT2D eigenvalue weighted by molar-refractivity contribution is -0.149. The minimum Gasteiger partial charge on any atom is -0.480 e. The molecule has 1 aliphatic carbocycles. The normalized spacial score (nSPS) is 17.4. The van der Waals surface area contributed by atoms with Crippen molar-refractivity contribution in [2.24, 2.45) is 5.92 Å². The summed E-state index contributed by atoms with van der Waals surface area (Å²) < 4.78 is 0. The van der Waals surface area contributed by atoms with Crippen LogP contribution in [0.1, 0.15) is 49.7 Å². The van der Waals surface area contributed by atoms with Gasteiger partial charge >= 0.3 is 5.97 Å². The molecule has 0 unspecified atom stereocenters. The second-order valence-corrected chi connectivity index (χ2v) is 8.07. The van der Waals surface area contributed by atoms with E-state index in [0.29, 0.717) is 19.5 Å². The van der Waals surface area contributed by atoms with E-state index in [1.54, 1.807) is 11.6 Å². The summed E-state index contributed by atoms with van der Waals surface area (Å²) in [5.41, 5.74) is 2.43. The van der Waals surface area contributed by atoms with Gasteiger partial charge in [0.1, 0.15) is 5.54 Å². The van der Waals surface area contributed by atoms with Gasteiger partial charge in [0.25, 0.3) is 5.91 Å². The van der Waals surface area contributed by atoms with Crippen LogP contribution < -0.4 is 10.8 Å². The van der Waals surface area contributed by atoms with Crippen LogP contribution in [0.3, 0.4) is 0 Å². The number of nitrogens with one attached hydrogen (secondary N) is 2. The minimum atomic E-state index is -0.928. The summed E-state index contributed by atoms with van der Waals surface area (Å²) in [6, 6.07) is 7.56. The highest BCUT2D eigenvalue weighted by Gasteiger charge is 2.45. The van der Waals surface area contributed by atoms with E-state index in [1.807, 2.05) is 43.3 Å². The Morgan fingerprint density at radius 1 is 1.17 bits per heavy atom. The molecule has 4 N–H and O–H groups in total. The average molecular weight is 404 g/mol. The third-order valence-corrected chi connectivity index (χ3v) is 5.76. The maximum atomic E-state index is 12.4. The van der Waals surface area contributed by atoms with Crippen molar-refractivity contribution in [3.8, 4) is 0 Å². The topological polar surface area (TPSA) is 102 Å². The Labute approximate surface area is 172 Å². The van der Waals surface area contributed by atoms with E-state index in [4.69, 9.17) is 5.21 Å². The molecule has 1 aliphatic rings. The van der Waals surface area contributed by atoms with Crippen LogP contribution in [0.15, 0.2) is 30.3 Å². The van der Waals surface area contributed by atoms with Crippen LogP contribution in [-0.2, 0) is 16.1 Å². The SMILES string of the molecule is CN(C)CC[C@@](NCc1ccc(C=CC(=O)NO)cc1)(C(=O)O)C1CCCCC1. The van der Waals surface area contributed by atoms with Crippen molar-refractivity contribution in [1.29, 1.82) is 0 Å². The van der Waals surface area contributed by atoms with Crippen molar-refractivity contribution in [3.05, 3.63) is 41.5 Å². The molecular formula is C22H33N3O4. The minimum absolute atomic E-state index is 0.132. The Morgan fingerprint density at radius 3 is 2.38 bits per heavy atom. The number of carboxylic acid groups (broad SMARTS) is 1. The van der Waals surface area contributed by atoms with Gasteiger partial charge in [-0.3, -0.25) is 20.1 Å². The van der Waals surface area contributed by atoms with Gasteiger partial charge in [-0.05, 0) is 63.0 Å². The summed E-state index contributed by atoms with van der Waals surface area (Å²) in [4.78, 5) is 25.5. The van der Waals surface area contributed by atoms with Gasteiger partial charge in [-0.25, -0.2) is 5.48 Å². The lowest BCUT2D eigenvalue weighted by Crippen LogP contribution is -2.58. The molecule has 0 spiro atoms. The van der Waals surface area contributed by atoms with Crippen molar-refractivity contribution < 1.29 is 19.9 Å². The highest BCUT2D eigenvalue weighted by Crippen LogP contribution is 2.35. The number of benzene rings is 1. The molecule has 1 fully saturated rings. The Balaban J connectivity index is 2.12. The monoisotopic (exact) mass is 403 g/mol. The number of rotatable bonds is 10. The van der Waals surface area contributed by atoms with E-state index in [-0.39, 0.29) is 5.92 Å². The van der Waals surface area contributed by atoms with Crippen LogP contribution >= 0.6 is 0 Å². The fourth-order valence-electron chi connectivity index (χ4n) is 4.00. The van der Waals surface area contributed by atoms with Gasteiger partial charge in [0, 0.05) is 12.6 Å². The van der Waals surface area contributed by atoms with Gasteiger partial charge in [0.05, 0.1) is 0 Å². The summed E-state index contributed by atoms with van der Waals surface area (Å²) in [7, 11) is 3.94. The number of amides is 1. The second-order valence-electron chi connectivity index (χ2n) is 8.07. The molecule has 160 valence electrons. The first-order chi connectivity index (χ1) is 13.9. The maximum absolute atomic E-state index is 12.4. The largest absolute Gasteiger partial charge is 0.480 e. The number of nitrogens with zero attached hydrogens (tertiary/aromatic N) is 1. The van der Waals surface area contributed by atoms with Crippen LogP contribution in [0.5, 0.6) is 0 Å². The molecular weight excluding hydrogens is 370 g/mol. The highest BCUT2D eigenvalue weighted by atomic mass is 16.5. The zero-order valence-electron chi connectivity index (χ0n) is 17.4. The predicted molar refractivity (Wildman–Crippen MR) is 112 cm³/mol. The van der Waals surface area contributed by atoms with Gasteiger partial charge < -0.3 is 10.0 Å². The van der Waals surface area contributed by atoms with Crippen LogP contribution in [0.2, 0.25) is 0 Å². The van der Waals surface area contributed by atoms with Crippen molar-refractivity contribution in [2.45, 2.75) is 50.6 Å². The third kappa shape index (κ3) is 6.66. The molecule has 0 aliphatic heterocycles. The first-order valence-electron chi connectivity index (χ1n) is 10.2. The number of hydroxylamine groups is 1. The molecule has 1 amide bonds. The van der Waals surface area contributed by atoms with Crippen LogP contribution in [0.4, 0.5) is 0 Å². The zero-order valence-corrected chi connectivity index (χ0v) is 17.4. The Bertz CT molecular complexity index is 697. The van der Waals surface area contributed by atoms with Crippen molar-refractivity contribution in [3.63, 3.8) is 0 Å². The lowest BCUT2D eigenvalue weighted by atomic mass is 9.72. The molecule has 1 aromatic rings. The summed E-state index contributed by atoms with van der Waals surface area (Å²) in [6.45, 7) is 1.18. The molecule has 0 heterocycles. The number of carboxylic acids is 1. The van der Waals surface area contributed by atoms with Crippen molar-refractivity contribution >= 4 is 18.0 Å². The van der Waals surface area contributed by atoms with Crippen LogP contribution in [0.25, 0.3) is 6.08 Å². The average Bonchev–Trinajstić information content (AvgIpc) is 2.73. The van der Waals surface area contributed by atoms with E-state index in [2.05, 4.69) is 5.32 Å². The molecule has 0 bridgehead atoms. The molecule has 0 saturated heterocycles. The lowest BCUT2D eigenvalue weighted by Gasteiger charge is -2.41. The quantitative estimate of drug-likeness (QED) is 0.272. The van der Waals surface area contributed by atoms with E-state index < -0.39 is 17.4 Å². The van der Waals surface area contributed by atoms with E-state index >= 15 is 0 Å². The number of aliphatic carboxylic acids is 1. The molecule has 2 rings (SSSR count). The fourth-order valence-corrected chi connectivity index (χ4v) is 4.00. The van der Waals surface area contributed by atoms with E-state index in [0.717, 1.165) is 36.8 Å². The Hall–Kier alpha value is -2.22. The van der Waals surface area contributed by atoms with Gasteiger partial charge in [0.15, 0.2) is 0 Å². The van der Waals surface area contributed by atoms with E-state index in [1.165, 1.54) is 12.5 Å². The first kappa shape index (κ1) is 23.1. The fraction of sp³-hybridized carbons (Fsp3) is 0.545. The number of carbonyl (C=O) groups is 2.